The van der Waals surface area contributed by atoms with Gasteiger partial charge in [-0.3, -0.25) is 4.79 Å². The Hall–Kier alpha value is -1.35. The van der Waals surface area contributed by atoms with E-state index >= 15 is 0 Å². The maximum atomic E-state index is 10.7. The van der Waals surface area contributed by atoms with Crippen LogP contribution in [0.3, 0.4) is 0 Å². The van der Waals surface area contributed by atoms with Crippen molar-refractivity contribution in [1.29, 1.82) is 0 Å². The number of carbonyl (C=O) groups is 1. The van der Waals surface area contributed by atoms with E-state index in [1.807, 2.05) is 12.1 Å². The summed E-state index contributed by atoms with van der Waals surface area (Å²) in [4.78, 5) is 10.7. The lowest BCUT2D eigenvalue weighted by molar-refractivity contribution is -0.138. The van der Waals surface area contributed by atoms with Crippen LogP contribution < -0.4 is 5.73 Å². The Bertz CT molecular complexity index is 385. The predicted molar refractivity (Wildman–Crippen MR) is 62.3 cm³/mol. The highest BCUT2D eigenvalue weighted by atomic mass is 16.4. The molecule has 1 aromatic rings. The number of carboxylic acids is 1. The molecular formula is C13H17NO2. The average Bonchev–Trinajstić information content (AvgIpc) is 2.15. The maximum absolute atomic E-state index is 10.7. The predicted octanol–water partition coefficient (Wildman–Crippen LogP) is 1.91. The summed E-state index contributed by atoms with van der Waals surface area (Å²) in [5.41, 5.74) is 7.88. The molecule has 1 aliphatic carbocycles. The molecule has 0 spiro atoms. The van der Waals surface area contributed by atoms with Crippen LogP contribution in [0, 0.1) is 0 Å². The minimum absolute atomic E-state index is 0.413. The van der Waals surface area contributed by atoms with Crippen LogP contribution in [0.15, 0.2) is 24.3 Å². The molecule has 0 bridgehead atoms. The van der Waals surface area contributed by atoms with Crippen LogP contribution >= 0.6 is 0 Å². The summed E-state index contributed by atoms with van der Waals surface area (Å²) in [5.74, 6) is -0.255. The second-order valence-corrected chi connectivity index (χ2v) is 4.52. The first-order valence-corrected chi connectivity index (χ1v) is 5.74. The second kappa shape index (κ2) is 4.66. The quantitative estimate of drug-likeness (QED) is 0.813. The van der Waals surface area contributed by atoms with Crippen LogP contribution in [-0.2, 0) is 11.2 Å². The number of aliphatic carboxylic acids is 1. The van der Waals surface area contributed by atoms with Crippen LogP contribution in [0.2, 0.25) is 0 Å². The van der Waals surface area contributed by atoms with Crippen molar-refractivity contribution in [2.45, 2.75) is 37.6 Å². The van der Waals surface area contributed by atoms with E-state index in [2.05, 4.69) is 12.1 Å². The molecule has 0 radical (unpaired) electrons. The van der Waals surface area contributed by atoms with E-state index in [9.17, 15) is 4.79 Å². The van der Waals surface area contributed by atoms with E-state index in [4.69, 9.17) is 10.8 Å². The topological polar surface area (TPSA) is 63.3 Å². The molecular weight excluding hydrogens is 202 g/mol. The number of nitrogens with two attached hydrogens (primary N) is 1. The fourth-order valence-electron chi connectivity index (χ4n) is 2.06. The lowest BCUT2D eigenvalue weighted by Crippen LogP contribution is -2.32. The summed E-state index contributed by atoms with van der Waals surface area (Å²) in [6.07, 6.45) is 4.24. The zero-order valence-corrected chi connectivity index (χ0v) is 9.23. The fourth-order valence-corrected chi connectivity index (χ4v) is 2.06. The third kappa shape index (κ3) is 2.42. The highest BCUT2D eigenvalue weighted by Gasteiger charge is 2.20. The molecule has 1 atom stereocenters. The van der Waals surface area contributed by atoms with Crippen molar-refractivity contribution in [3.05, 3.63) is 35.4 Å². The Balaban J connectivity index is 2.06. The summed E-state index contributed by atoms with van der Waals surface area (Å²) in [6, 6.07) is 7.38. The molecule has 1 saturated carbocycles. The normalized spacial score (nSPS) is 17.8. The molecule has 1 aromatic carbocycles. The van der Waals surface area contributed by atoms with E-state index in [0.717, 1.165) is 5.56 Å². The van der Waals surface area contributed by atoms with Crippen LogP contribution in [0.4, 0.5) is 0 Å². The Morgan fingerprint density at radius 3 is 2.81 bits per heavy atom. The van der Waals surface area contributed by atoms with Gasteiger partial charge in [0.1, 0.15) is 6.04 Å². The largest absolute Gasteiger partial charge is 0.480 e. The molecule has 0 saturated heterocycles. The molecule has 3 heteroatoms. The van der Waals surface area contributed by atoms with Gasteiger partial charge in [-0.05, 0) is 36.3 Å². The van der Waals surface area contributed by atoms with Crippen LogP contribution in [0.5, 0.6) is 0 Å². The number of rotatable bonds is 4. The van der Waals surface area contributed by atoms with Crippen molar-refractivity contribution < 1.29 is 9.90 Å². The highest BCUT2D eigenvalue weighted by molar-refractivity contribution is 5.73. The Labute approximate surface area is 95.3 Å². The molecule has 0 aromatic heterocycles. The molecule has 3 nitrogen and oxygen atoms in total. The SMILES string of the molecule is N[C@@H](Cc1cccc(C2CCC2)c1)C(=O)O. The van der Waals surface area contributed by atoms with Gasteiger partial charge in [-0.15, -0.1) is 0 Å². The molecule has 16 heavy (non-hydrogen) atoms. The lowest BCUT2D eigenvalue weighted by atomic mass is 9.79. The summed E-state index contributed by atoms with van der Waals surface area (Å²) in [5, 5.41) is 8.75. The summed E-state index contributed by atoms with van der Waals surface area (Å²) >= 11 is 0. The van der Waals surface area contributed by atoms with Gasteiger partial charge >= 0.3 is 5.97 Å². The van der Waals surface area contributed by atoms with Gasteiger partial charge in [-0.1, -0.05) is 30.7 Å². The van der Waals surface area contributed by atoms with Gasteiger partial charge in [-0.25, -0.2) is 0 Å². The Morgan fingerprint density at radius 2 is 2.25 bits per heavy atom. The average molecular weight is 219 g/mol. The van der Waals surface area contributed by atoms with Crippen molar-refractivity contribution in [1.82, 2.24) is 0 Å². The van der Waals surface area contributed by atoms with E-state index in [0.29, 0.717) is 12.3 Å². The number of hydrogen-bond acceptors (Lipinski definition) is 2. The first kappa shape index (κ1) is 11.1. The molecule has 0 aliphatic heterocycles. The molecule has 0 heterocycles. The smallest absolute Gasteiger partial charge is 0.320 e. The first-order valence-electron chi connectivity index (χ1n) is 5.74. The van der Waals surface area contributed by atoms with E-state index in [1.54, 1.807) is 0 Å². The van der Waals surface area contributed by atoms with Gasteiger partial charge in [0.15, 0.2) is 0 Å². The maximum Gasteiger partial charge on any atom is 0.320 e. The number of carboxylic acid groups (broad SMARTS) is 1. The zero-order valence-electron chi connectivity index (χ0n) is 9.23. The molecule has 0 unspecified atom stereocenters. The van der Waals surface area contributed by atoms with Gasteiger partial charge in [0.25, 0.3) is 0 Å². The summed E-state index contributed by atoms with van der Waals surface area (Å²) in [7, 11) is 0. The Morgan fingerprint density at radius 1 is 1.50 bits per heavy atom. The Kier molecular flexibility index (Phi) is 3.25. The highest BCUT2D eigenvalue weighted by Crippen LogP contribution is 2.36. The van der Waals surface area contributed by atoms with E-state index < -0.39 is 12.0 Å². The number of benzene rings is 1. The van der Waals surface area contributed by atoms with Crippen molar-refractivity contribution >= 4 is 5.97 Å². The van der Waals surface area contributed by atoms with Crippen molar-refractivity contribution in [2.24, 2.45) is 5.73 Å². The van der Waals surface area contributed by atoms with Crippen molar-refractivity contribution in [3.63, 3.8) is 0 Å². The second-order valence-electron chi connectivity index (χ2n) is 4.52. The minimum Gasteiger partial charge on any atom is -0.480 e. The molecule has 86 valence electrons. The molecule has 0 amide bonds. The van der Waals surface area contributed by atoms with Crippen molar-refractivity contribution in [2.75, 3.05) is 0 Å². The van der Waals surface area contributed by atoms with Gasteiger partial charge in [-0.2, -0.15) is 0 Å². The zero-order chi connectivity index (χ0) is 11.5. The fraction of sp³-hybridized carbons (Fsp3) is 0.462. The molecule has 1 aliphatic rings. The number of hydrogen-bond donors (Lipinski definition) is 2. The summed E-state index contributed by atoms with van der Waals surface area (Å²) in [6.45, 7) is 0. The lowest BCUT2D eigenvalue weighted by Gasteiger charge is -2.26. The van der Waals surface area contributed by atoms with Gasteiger partial charge in [0.05, 0.1) is 0 Å². The van der Waals surface area contributed by atoms with Gasteiger partial charge in [0.2, 0.25) is 0 Å². The third-order valence-corrected chi connectivity index (χ3v) is 3.30. The minimum atomic E-state index is -0.936. The monoisotopic (exact) mass is 219 g/mol. The summed E-state index contributed by atoms with van der Waals surface area (Å²) < 4.78 is 0. The van der Waals surface area contributed by atoms with Crippen LogP contribution in [0.25, 0.3) is 0 Å². The van der Waals surface area contributed by atoms with Crippen LogP contribution in [0.1, 0.15) is 36.3 Å². The van der Waals surface area contributed by atoms with Crippen molar-refractivity contribution in [3.8, 4) is 0 Å². The van der Waals surface area contributed by atoms with Crippen LogP contribution in [-0.4, -0.2) is 17.1 Å². The molecule has 1 fully saturated rings. The molecule has 3 N–H and O–H groups in total. The standard InChI is InChI=1S/C13H17NO2/c14-12(13(15)16)8-9-3-1-6-11(7-9)10-4-2-5-10/h1,3,6-7,10,12H,2,4-5,8,14H2,(H,15,16)/t12-/m0/s1. The first-order chi connectivity index (χ1) is 7.66. The van der Waals surface area contributed by atoms with E-state index in [-0.39, 0.29) is 0 Å². The van der Waals surface area contributed by atoms with Gasteiger partial charge < -0.3 is 10.8 Å². The van der Waals surface area contributed by atoms with Gasteiger partial charge in [0, 0.05) is 0 Å². The van der Waals surface area contributed by atoms with E-state index in [1.165, 1.54) is 24.8 Å². The third-order valence-electron chi connectivity index (χ3n) is 3.30. The molecule has 2 rings (SSSR count).